The topological polar surface area (TPSA) is 73.4 Å². The minimum absolute atomic E-state index is 0.357. The summed E-state index contributed by atoms with van der Waals surface area (Å²) in [6.45, 7) is 7.46. The summed E-state index contributed by atoms with van der Waals surface area (Å²) >= 11 is 6.03. The second kappa shape index (κ2) is 14.4. The predicted octanol–water partition coefficient (Wildman–Crippen LogP) is 6.33. The number of hydrogen-bond donors (Lipinski definition) is 2. The van der Waals surface area contributed by atoms with Crippen molar-refractivity contribution in [2.24, 2.45) is 4.99 Å². The summed E-state index contributed by atoms with van der Waals surface area (Å²) in [6, 6.07) is 10.4. The number of nitrogens with zero attached hydrogens (tertiary/aromatic N) is 3. The summed E-state index contributed by atoms with van der Waals surface area (Å²) < 4.78 is 14.9. The van der Waals surface area contributed by atoms with Gasteiger partial charge < -0.3 is 15.1 Å². The number of fused-ring (bicyclic) bond motifs is 1. The van der Waals surface area contributed by atoms with Crippen LogP contribution in [-0.4, -0.2) is 54.2 Å². The molecular formula is C27H35ClFN5O. The lowest BCUT2D eigenvalue weighted by molar-refractivity contribution is -0.107. The molecule has 2 N–H and O–H groups in total. The molecule has 0 amide bonds. The number of allylic oxidation sites excluding steroid dienone is 1. The zero-order valence-electron chi connectivity index (χ0n) is 21.2. The van der Waals surface area contributed by atoms with Gasteiger partial charge in [-0.05, 0) is 74.8 Å². The number of aldehydes is 1. The normalized spacial score (nSPS) is 12.0. The summed E-state index contributed by atoms with van der Waals surface area (Å²) in [6.07, 6.45) is 5.24. The first kappa shape index (κ1) is 28.2. The van der Waals surface area contributed by atoms with Gasteiger partial charge in [0.1, 0.15) is 23.8 Å². The van der Waals surface area contributed by atoms with Gasteiger partial charge in [-0.3, -0.25) is 9.89 Å². The van der Waals surface area contributed by atoms with E-state index in [0.717, 1.165) is 53.7 Å². The maximum absolute atomic E-state index is 14.9. The van der Waals surface area contributed by atoms with Crippen molar-refractivity contribution in [2.75, 3.05) is 27.2 Å². The SMILES string of the molecule is CC.CN=C(CN(C)CCCCC=O)N/C=C(\C)c1ccc(-c2nc3ccc(Cl)cc3[nH]2)c(F)c1. The highest BCUT2D eigenvalue weighted by atomic mass is 35.5. The molecule has 0 aliphatic carbocycles. The predicted molar refractivity (Wildman–Crippen MR) is 145 cm³/mol. The Balaban J connectivity index is 0.00000210. The number of likely N-dealkylation sites (N-methyl/N-ethyl adjacent to an activating group) is 1. The molecule has 0 bridgehead atoms. The fourth-order valence-corrected chi connectivity index (χ4v) is 3.63. The van der Waals surface area contributed by atoms with E-state index >= 15 is 0 Å². The van der Waals surface area contributed by atoms with Crippen LogP contribution in [0.2, 0.25) is 5.02 Å². The molecule has 0 spiro atoms. The van der Waals surface area contributed by atoms with E-state index in [1.165, 1.54) is 6.07 Å². The zero-order valence-corrected chi connectivity index (χ0v) is 21.9. The largest absolute Gasteiger partial charge is 0.349 e. The van der Waals surface area contributed by atoms with Crippen molar-refractivity contribution in [3.63, 3.8) is 0 Å². The van der Waals surface area contributed by atoms with Crippen LogP contribution in [-0.2, 0) is 4.79 Å². The molecule has 8 heteroatoms. The Bertz CT molecular complexity index is 1170. The van der Waals surface area contributed by atoms with Crippen LogP contribution in [0.15, 0.2) is 47.6 Å². The Hall–Kier alpha value is -3.03. The van der Waals surface area contributed by atoms with Crippen LogP contribution in [0.4, 0.5) is 4.39 Å². The van der Waals surface area contributed by atoms with Crippen molar-refractivity contribution in [3.05, 3.63) is 59.0 Å². The number of rotatable bonds is 10. The Morgan fingerprint density at radius 3 is 2.69 bits per heavy atom. The molecule has 1 aromatic heterocycles. The van der Waals surface area contributed by atoms with Gasteiger partial charge in [0, 0.05) is 24.7 Å². The van der Waals surface area contributed by atoms with Crippen molar-refractivity contribution >= 4 is 40.3 Å². The minimum atomic E-state index is -0.357. The monoisotopic (exact) mass is 499 g/mol. The van der Waals surface area contributed by atoms with Crippen molar-refractivity contribution in [3.8, 4) is 11.4 Å². The number of amidine groups is 1. The summed E-state index contributed by atoms with van der Waals surface area (Å²) in [5.41, 5.74) is 3.55. The Morgan fingerprint density at radius 1 is 1.23 bits per heavy atom. The molecule has 0 fully saturated rings. The molecule has 0 atom stereocenters. The highest BCUT2D eigenvalue weighted by Gasteiger charge is 2.12. The Morgan fingerprint density at radius 2 is 2.00 bits per heavy atom. The number of H-pyrrole nitrogens is 1. The lowest BCUT2D eigenvalue weighted by atomic mass is 10.1. The Kier molecular flexibility index (Phi) is 11.6. The van der Waals surface area contributed by atoms with E-state index in [2.05, 4.69) is 25.2 Å². The third-order valence-corrected chi connectivity index (χ3v) is 5.62. The lowest BCUT2D eigenvalue weighted by Crippen LogP contribution is -2.33. The third-order valence-electron chi connectivity index (χ3n) is 5.38. The number of nitrogens with one attached hydrogen (secondary N) is 2. The summed E-state index contributed by atoms with van der Waals surface area (Å²) in [5, 5.41) is 3.82. The molecule has 35 heavy (non-hydrogen) atoms. The van der Waals surface area contributed by atoms with Crippen LogP contribution in [0, 0.1) is 5.82 Å². The highest BCUT2D eigenvalue weighted by Crippen LogP contribution is 2.27. The van der Waals surface area contributed by atoms with E-state index in [0.29, 0.717) is 29.4 Å². The standard InChI is InChI=1S/C25H29ClFN5O.C2H6/c1-17(15-29-24(28-2)16-32(3)11-5-4-6-12-33)18-7-9-20(21(27)13-18)25-30-22-10-8-19(26)14-23(22)31-25;1-2/h7-10,12-15H,4-6,11,16H2,1-3H3,(H,28,29)(H,30,31);1-2H3/b17-15+;. The van der Waals surface area contributed by atoms with Crippen LogP contribution < -0.4 is 5.32 Å². The smallest absolute Gasteiger partial charge is 0.141 e. The number of carbonyl (C=O) groups excluding carboxylic acids is 1. The molecule has 1 heterocycles. The van der Waals surface area contributed by atoms with Gasteiger partial charge in [-0.15, -0.1) is 0 Å². The van der Waals surface area contributed by atoms with Crippen LogP contribution in [0.1, 0.15) is 45.6 Å². The van der Waals surface area contributed by atoms with Crippen molar-refractivity contribution in [2.45, 2.75) is 40.0 Å². The van der Waals surface area contributed by atoms with E-state index in [-0.39, 0.29) is 5.82 Å². The molecule has 6 nitrogen and oxygen atoms in total. The number of imidazole rings is 1. The van der Waals surface area contributed by atoms with E-state index < -0.39 is 0 Å². The number of unbranched alkanes of at least 4 members (excludes halogenated alkanes) is 2. The molecule has 2 aromatic carbocycles. The molecule has 3 rings (SSSR count). The van der Waals surface area contributed by atoms with Gasteiger partial charge >= 0.3 is 0 Å². The number of halogens is 2. The fraction of sp³-hybridized carbons (Fsp3) is 0.370. The molecule has 0 radical (unpaired) electrons. The van der Waals surface area contributed by atoms with Gasteiger partial charge in [-0.2, -0.15) is 0 Å². The first-order chi connectivity index (χ1) is 16.9. The number of aromatic nitrogens is 2. The van der Waals surface area contributed by atoms with Crippen molar-refractivity contribution < 1.29 is 9.18 Å². The second-order valence-corrected chi connectivity index (χ2v) is 8.42. The van der Waals surface area contributed by atoms with Crippen LogP contribution in [0.3, 0.4) is 0 Å². The van der Waals surface area contributed by atoms with E-state index in [4.69, 9.17) is 11.6 Å². The van der Waals surface area contributed by atoms with Gasteiger partial charge in [-0.25, -0.2) is 9.37 Å². The average Bonchev–Trinajstić information content (AvgIpc) is 3.28. The number of aliphatic imine (C=N–C) groups is 1. The van der Waals surface area contributed by atoms with E-state index in [9.17, 15) is 9.18 Å². The summed E-state index contributed by atoms with van der Waals surface area (Å²) in [7, 11) is 3.76. The minimum Gasteiger partial charge on any atom is -0.349 e. The maximum Gasteiger partial charge on any atom is 0.141 e. The average molecular weight is 500 g/mol. The van der Waals surface area contributed by atoms with Crippen LogP contribution in [0.25, 0.3) is 28.0 Å². The number of hydrogen-bond acceptors (Lipinski definition) is 4. The second-order valence-electron chi connectivity index (χ2n) is 7.98. The zero-order chi connectivity index (χ0) is 25.8. The fourth-order valence-electron chi connectivity index (χ4n) is 3.46. The van der Waals surface area contributed by atoms with Crippen LogP contribution in [0.5, 0.6) is 0 Å². The van der Waals surface area contributed by atoms with Gasteiger partial charge in [0.05, 0.1) is 23.1 Å². The first-order valence-electron chi connectivity index (χ1n) is 11.9. The number of benzene rings is 2. The molecule has 3 aromatic rings. The van der Waals surface area contributed by atoms with Gasteiger partial charge in [0.25, 0.3) is 0 Å². The quantitative estimate of drug-likeness (QED) is 0.148. The van der Waals surface area contributed by atoms with E-state index in [1.807, 2.05) is 40.1 Å². The maximum atomic E-state index is 14.9. The number of carbonyl (C=O) groups is 1. The van der Waals surface area contributed by atoms with Gasteiger partial charge in [-0.1, -0.05) is 31.5 Å². The number of aromatic amines is 1. The summed E-state index contributed by atoms with van der Waals surface area (Å²) in [5.74, 6) is 0.919. The summed E-state index contributed by atoms with van der Waals surface area (Å²) in [4.78, 5) is 24.5. The van der Waals surface area contributed by atoms with Gasteiger partial charge in [0.2, 0.25) is 0 Å². The molecule has 188 valence electrons. The lowest BCUT2D eigenvalue weighted by Gasteiger charge is -2.17. The third kappa shape index (κ3) is 8.30. The van der Waals surface area contributed by atoms with Crippen molar-refractivity contribution in [1.29, 1.82) is 0 Å². The molecule has 0 saturated heterocycles. The van der Waals surface area contributed by atoms with E-state index in [1.54, 1.807) is 31.3 Å². The molecule has 0 unspecified atom stereocenters. The van der Waals surface area contributed by atoms with Crippen LogP contribution >= 0.6 is 11.6 Å². The highest BCUT2D eigenvalue weighted by molar-refractivity contribution is 6.31. The van der Waals surface area contributed by atoms with Gasteiger partial charge in [0.15, 0.2) is 0 Å². The molecular weight excluding hydrogens is 465 g/mol. The molecule has 0 aliphatic rings. The molecule has 0 saturated carbocycles. The molecule has 0 aliphatic heterocycles. The Labute approximate surface area is 212 Å². The first-order valence-corrected chi connectivity index (χ1v) is 12.3. The van der Waals surface area contributed by atoms with Crippen molar-refractivity contribution in [1.82, 2.24) is 20.2 Å².